The first-order valence-corrected chi connectivity index (χ1v) is 7.86. The molecule has 1 amide bonds. The van der Waals surface area contributed by atoms with E-state index in [-0.39, 0.29) is 5.91 Å². The van der Waals surface area contributed by atoms with Crippen molar-refractivity contribution in [1.29, 1.82) is 0 Å². The molecule has 0 saturated heterocycles. The van der Waals surface area contributed by atoms with Gasteiger partial charge in [0, 0.05) is 18.2 Å². The van der Waals surface area contributed by atoms with Crippen LogP contribution in [0.5, 0.6) is 0 Å². The van der Waals surface area contributed by atoms with Crippen LogP contribution in [-0.4, -0.2) is 29.9 Å². The van der Waals surface area contributed by atoms with Gasteiger partial charge in [-0.3, -0.25) is 4.79 Å². The van der Waals surface area contributed by atoms with Crippen LogP contribution in [0.1, 0.15) is 54.9 Å². The Kier molecular flexibility index (Phi) is 5.60. The van der Waals surface area contributed by atoms with Crippen LogP contribution in [0.4, 0.5) is 0 Å². The molecule has 0 bridgehead atoms. The van der Waals surface area contributed by atoms with Gasteiger partial charge in [0.2, 0.25) is 0 Å². The highest BCUT2D eigenvalue weighted by molar-refractivity contribution is 5.96. The van der Waals surface area contributed by atoms with Crippen LogP contribution in [-0.2, 0) is 6.42 Å². The Morgan fingerprint density at radius 1 is 1.25 bits per heavy atom. The third-order valence-electron chi connectivity index (χ3n) is 4.28. The van der Waals surface area contributed by atoms with Crippen LogP contribution in [0, 0.1) is 0 Å². The quantitative estimate of drug-likeness (QED) is 0.897. The molecular weight excluding hydrogens is 248 g/mol. The van der Waals surface area contributed by atoms with Crippen molar-refractivity contribution in [3.05, 3.63) is 35.4 Å². The molecule has 0 heterocycles. The van der Waals surface area contributed by atoms with Gasteiger partial charge >= 0.3 is 0 Å². The van der Waals surface area contributed by atoms with Crippen LogP contribution in [0.2, 0.25) is 0 Å². The van der Waals surface area contributed by atoms with Crippen molar-refractivity contribution in [3.8, 4) is 0 Å². The van der Waals surface area contributed by atoms with Crippen LogP contribution in [0.15, 0.2) is 24.3 Å². The molecule has 20 heavy (non-hydrogen) atoms. The molecule has 1 saturated carbocycles. The van der Waals surface area contributed by atoms with Crippen molar-refractivity contribution in [2.75, 3.05) is 13.1 Å². The topological polar surface area (TPSA) is 46.3 Å². The van der Waals surface area contributed by atoms with Gasteiger partial charge in [0.1, 0.15) is 0 Å². The number of carbonyl (C=O) groups excluding carboxylic acids is 1. The van der Waals surface area contributed by atoms with Crippen molar-refractivity contribution in [2.24, 2.45) is 5.73 Å². The highest BCUT2D eigenvalue weighted by atomic mass is 16.2. The molecule has 0 unspecified atom stereocenters. The van der Waals surface area contributed by atoms with Gasteiger partial charge in [0.25, 0.3) is 5.91 Å². The SMILES string of the molecule is CCN(C(=O)c1ccccc1CCN)C1CCCCC1. The highest BCUT2D eigenvalue weighted by Crippen LogP contribution is 2.24. The lowest BCUT2D eigenvalue weighted by molar-refractivity contribution is 0.0647. The second-order valence-corrected chi connectivity index (χ2v) is 5.58. The predicted molar refractivity (Wildman–Crippen MR) is 82.8 cm³/mol. The maximum atomic E-state index is 12.9. The zero-order chi connectivity index (χ0) is 14.4. The molecule has 3 heteroatoms. The summed E-state index contributed by atoms with van der Waals surface area (Å²) in [5.41, 5.74) is 7.57. The summed E-state index contributed by atoms with van der Waals surface area (Å²) in [6, 6.07) is 8.32. The Bertz CT molecular complexity index is 438. The molecule has 0 aliphatic heterocycles. The smallest absolute Gasteiger partial charge is 0.254 e. The van der Waals surface area contributed by atoms with Gasteiger partial charge in [0.15, 0.2) is 0 Å². The van der Waals surface area contributed by atoms with E-state index in [1.807, 2.05) is 24.3 Å². The number of hydrogen-bond donors (Lipinski definition) is 1. The van der Waals surface area contributed by atoms with Crippen molar-refractivity contribution < 1.29 is 4.79 Å². The molecule has 1 aliphatic carbocycles. The van der Waals surface area contributed by atoms with Gasteiger partial charge in [-0.2, -0.15) is 0 Å². The van der Waals surface area contributed by atoms with E-state index in [1.165, 1.54) is 19.3 Å². The number of carbonyl (C=O) groups is 1. The van der Waals surface area contributed by atoms with Crippen molar-refractivity contribution >= 4 is 5.91 Å². The summed E-state index contributed by atoms with van der Waals surface area (Å²) >= 11 is 0. The number of amides is 1. The Hall–Kier alpha value is -1.35. The molecule has 0 aromatic heterocycles. The zero-order valence-electron chi connectivity index (χ0n) is 12.5. The molecule has 110 valence electrons. The Morgan fingerprint density at radius 3 is 2.60 bits per heavy atom. The molecule has 2 N–H and O–H groups in total. The number of rotatable bonds is 5. The summed E-state index contributed by atoms with van der Waals surface area (Å²) in [5.74, 6) is 0.184. The third kappa shape index (κ3) is 3.40. The lowest BCUT2D eigenvalue weighted by Gasteiger charge is -2.34. The Morgan fingerprint density at radius 2 is 1.95 bits per heavy atom. The number of nitrogens with zero attached hydrogens (tertiary/aromatic N) is 1. The fourth-order valence-electron chi connectivity index (χ4n) is 3.22. The van der Waals surface area contributed by atoms with Gasteiger partial charge in [-0.15, -0.1) is 0 Å². The molecule has 0 spiro atoms. The molecule has 0 atom stereocenters. The van der Waals surface area contributed by atoms with E-state index in [4.69, 9.17) is 5.73 Å². The minimum atomic E-state index is 0.184. The normalized spacial score (nSPS) is 16.1. The monoisotopic (exact) mass is 274 g/mol. The molecule has 0 radical (unpaired) electrons. The standard InChI is InChI=1S/C17H26N2O/c1-2-19(15-9-4-3-5-10-15)17(20)16-11-7-6-8-14(16)12-13-18/h6-8,11,15H,2-5,9-10,12-13,18H2,1H3. The molecule has 1 fully saturated rings. The first-order valence-electron chi connectivity index (χ1n) is 7.86. The van der Waals surface area contributed by atoms with Crippen LogP contribution < -0.4 is 5.73 Å². The summed E-state index contributed by atoms with van der Waals surface area (Å²) in [5, 5.41) is 0. The van der Waals surface area contributed by atoms with E-state index in [2.05, 4.69) is 11.8 Å². The molecular formula is C17H26N2O. The van der Waals surface area contributed by atoms with E-state index in [0.717, 1.165) is 36.9 Å². The first kappa shape index (κ1) is 15.0. The van der Waals surface area contributed by atoms with Crippen LogP contribution >= 0.6 is 0 Å². The Labute approximate surface area is 122 Å². The number of nitrogens with two attached hydrogens (primary N) is 1. The summed E-state index contributed by atoms with van der Waals surface area (Å²) in [7, 11) is 0. The molecule has 1 aliphatic rings. The minimum Gasteiger partial charge on any atom is -0.336 e. The largest absolute Gasteiger partial charge is 0.336 e. The molecule has 1 aromatic carbocycles. The van der Waals surface area contributed by atoms with E-state index in [0.29, 0.717) is 12.6 Å². The number of hydrogen-bond acceptors (Lipinski definition) is 2. The summed E-state index contributed by atoms with van der Waals surface area (Å²) in [4.78, 5) is 14.9. The molecule has 3 nitrogen and oxygen atoms in total. The molecule has 1 aromatic rings. The summed E-state index contributed by atoms with van der Waals surface area (Å²) < 4.78 is 0. The lowest BCUT2D eigenvalue weighted by atomic mass is 9.93. The van der Waals surface area contributed by atoms with Gasteiger partial charge in [-0.1, -0.05) is 37.5 Å². The van der Waals surface area contributed by atoms with E-state index < -0.39 is 0 Å². The average molecular weight is 274 g/mol. The van der Waals surface area contributed by atoms with Crippen LogP contribution in [0.25, 0.3) is 0 Å². The maximum absolute atomic E-state index is 12.9. The van der Waals surface area contributed by atoms with E-state index in [1.54, 1.807) is 0 Å². The third-order valence-corrected chi connectivity index (χ3v) is 4.28. The van der Waals surface area contributed by atoms with E-state index >= 15 is 0 Å². The highest BCUT2D eigenvalue weighted by Gasteiger charge is 2.25. The molecule has 2 rings (SSSR count). The first-order chi connectivity index (χ1) is 9.77. The Balaban J connectivity index is 2.19. The van der Waals surface area contributed by atoms with Crippen molar-refractivity contribution in [3.63, 3.8) is 0 Å². The lowest BCUT2D eigenvalue weighted by Crippen LogP contribution is -2.41. The average Bonchev–Trinajstić information content (AvgIpc) is 2.50. The van der Waals surface area contributed by atoms with E-state index in [9.17, 15) is 4.79 Å². The summed E-state index contributed by atoms with van der Waals surface area (Å²) in [6.45, 7) is 3.46. The fourth-order valence-corrected chi connectivity index (χ4v) is 3.22. The predicted octanol–water partition coefficient (Wildman–Crippen LogP) is 2.98. The van der Waals surface area contributed by atoms with Crippen molar-refractivity contribution in [2.45, 2.75) is 51.5 Å². The minimum absolute atomic E-state index is 0.184. The second kappa shape index (κ2) is 7.44. The van der Waals surface area contributed by atoms with Gasteiger partial charge in [0.05, 0.1) is 0 Å². The van der Waals surface area contributed by atoms with Crippen molar-refractivity contribution in [1.82, 2.24) is 4.90 Å². The van der Waals surface area contributed by atoms with Crippen LogP contribution in [0.3, 0.4) is 0 Å². The fraction of sp³-hybridized carbons (Fsp3) is 0.588. The van der Waals surface area contributed by atoms with Gasteiger partial charge < -0.3 is 10.6 Å². The van der Waals surface area contributed by atoms with Gasteiger partial charge in [-0.05, 0) is 44.4 Å². The van der Waals surface area contributed by atoms with Gasteiger partial charge in [-0.25, -0.2) is 0 Å². The number of benzene rings is 1. The second-order valence-electron chi connectivity index (χ2n) is 5.58. The maximum Gasteiger partial charge on any atom is 0.254 e. The summed E-state index contributed by atoms with van der Waals surface area (Å²) in [6.07, 6.45) is 6.88. The zero-order valence-corrected chi connectivity index (χ0v) is 12.5.